The zero-order chi connectivity index (χ0) is 25.6. The lowest BCUT2D eigenvalue weighted by Gasteiger charge is -2.29. The van der Waals surface area contributed by atoms with Crippen LogP contribution in [0.3, 0.4) is 0 Å². The highest BCUT2D eigenvalue weighted by Gasteiger charge is 2.24. The molecule has 8 nitrogen and oxygen atoms in total. The molecular weight excluding hydrogens is 486 g/mol. The van der Waals surface area contributed by atoms with Gasteiger partial charge in [-0.15, -0.1) is 10.2 Å². The van der Waals surface area contributed by atoms with Crippen LogP contribution >= 0.6 is 11.8 Å². The van der Waals surface area contributed by atoms with Crippen LogP contribution in [0.4, 0.5) is 5.69 Å². The van der Waals surface area contributed by atoms with E-state index in [1.54, 1.807) is 18.2 Å². The fourth-order valence-electron chi connectivity index (χ4n) is 4.43. The van der Waals surface area contributed by atoms with E-state index in [-0.39, 0.29) is 24.1 Å². The smallest absolute Gasteiger partial charge is 0.255 e. The van der Waals surface area contributed by atoms with Crippen LogP contribution in [-0.4, -0.2) is 46.0 Å². The number of anilines is 1. The summed E-state index contributed by atoms with van der Waals surface area (Å²) in [5, 5.41) is 12.2. The first-order chi connectivity index (χ1) is 18.2. The van der Waals surface area contributed by atoms with Crippen molar-refractivity contribution in [3.05, 3.63) is 95.8 Å². The van der Waals surface area contributed by atoms with Gasteiger partial charge in [-0.2, -0.15) is 0 Å². The summed E-state index contributed by atoms with van der Waals surface area (Å²) in [4.78, 5) is 27.9. The molecule has 2 heterocycles. The summed E-state index contributed by atoms with van der Waals surface area (Å²) in [6.07, 6.45) is 1.93. The molecule has 0 saturated heterocycles. The number of thioether (sulfide) groups is 1. The normalized spacial score (nSPS) is 12.6. The summed E-state index contributed by atoms with van der Waals surface area (Å²) in [6.45, 7) is 0.870. The monoisotopic (exact) mass is 513 g/mol. The number of methoxy groups -OCH3 is 1. The van der Waals surface area contributed by atoms with Gasteiger partial charge in [0.15, 0.2) is 11.0 Å². The predicted molar refractivity (Wildman–Crippen MR) is 143 cm³/mol. The number of para-hydroxylation sites is 3. The third kappa shape index (κ3) is 5.36. The average molecular weight is 514 g/mol. The molecule has 0 spiro atoms. The van der Waals surface area contributed by atoms with E-state index in [9.17, 15) is 9.59 Å². The number of ether oxygens (including phenoxy) is 1. The first kappa shape index (κ1) is 24.6. The number of carbonyl (C=O) groups is 2. The molecule has 9 heteroatoms. The van der Waals surface area contributed by atoms with Crippen LogP contribution in [0.5, 0.6) is 5.75 Å². The lowest BCUT2D eigenvalue weighted by atomic mass is 10.0. The molecule has 0 saturated carbocycles. The molecule has 1 N–H and O–H groups in total. The molecule has 0 atom stereocenters. The lowest BCUT2D eigenvalue weighted by Crippen LogP contribution is -2.36. The van der Waals surface area contributed by atoms with E-state index >= 15 is 0 Å². The SMILES string of the molecule is COc1ccccc1C(=O)NCc1nnc(SCC(=O)N2CCCc3ccccc32)n1-c1ccccc1. The topological polar surface area (TPSA) is 89.3 Å². The summed E-state index contributed by atoms with van der Waals surface area (Å²) >= 11 is 1.34. The summed E-state index contributed by atoms with van der Waals surface area (Å²) in [5.41, 5.74) is 3.49. The maximum Gasteiger partial charge on any atom is 0.255 e. The van der Waals surface area contributed by atoms with Crippen LogP contribution in [-0.2, 0) is 17.8 Å². The molecule has 0 bridgehead atoms. The number of amides is 2. The Morgan fingerprint density at radius 2 is 1.73 bits per heavy atom. The van der Waals surface area contributed by atoms with Gasteiger partial charge in [0.05, 0.1) is 25.0 Å². The minimum Gasteiger partial charge on any atom is -0.496 e. The molecule has 37 heavy (non-hydrogen) atoms. The molecule has 1 aliphatic heterocycles. The van der Waals surface area contributed by atoms with Crippen LogP contribution < -0.4 is 15.0 Å². The lowest BCUT2D eigenvalue weighted by molar-refractivity contribution is -0.116. The number of aromatic nitrogens is 3. The van der Waals surface area contributed by atoms with Gasteiger partial charge >= 0.3 is 0 Å². The third-order valence-electron chi connectivity index (χ3n) is 6.21. The zero-order valence-electron chi connectivity index (χ0n) is 20.5. The minimum atomic E-state index is -0.270. The van der Waals surface area contributed by atoms with Gasteiger partial charge in [0.2, 0.25) is 5.91 Å². The first-order valence-electron chi connectivity index (χ1n) is 12.1. The maximum absolute atomic E-state index is 13.2. The second-order valence-electron chi connectivity index (χ2n) is 8.52. The van der Waals surface area contributed by atoms with Crippen molar-refractivity contribution >= 4 is 29.3 Å². The summed E-state index contributed by atoms with van der Waals surface area (Å²) in [6, 6.07) is 24.8. The van der Waals surface area contributed by atoms with Crippen LogP contribution in [0, 0.1) is 0 Å². The number of rotatable bonds is 8. The molecule has 0 fully saturated rings. The van der Waals surface area contributed by atoms with Gasteiger partial charge in [0.1, 0.15) is 5.75 Å². The molecule has 0 radical (unpaired) electrons. The number of aryl methyl sites for hydroxylation is 1. The standard InChI is InChI=1S/C28H27N5O3S/c1-36-24-16-8-6-14-22(24)27(35)29-18-25-30-31-28(33(25)21-12-3-2-4-13-21)37-19-26(34)32-17-9-11-20-10-5-7-15-23(20)32/h2-8,10,12-16H,9,11,17-19H2,1H3,(H,29,35). The number of hydrogen-bond donors (Lipinski definition) is 1. The maximum atomic E-state index is 13.2. The average Bonchev–Trinajstić information content (AvgIpc) is 3.37. The van der Waals surface area contributed by atoms with Gasteiger partial charge in [-0.1, -0.05) is 60.3 Å². The van der Waals surface area contributed by atoms with Gasteiger partial charge < -0.3 is 15.0 Å². The van der Waals surface area contributed by atoms with Crippen molar-refractivity contribution in [2.45, 2.75) is 24.5 Å². The Bertz CT molecular complexity index is 1410. The van der Waals surface area contributed by atoms with Crippen LogP contribution in [0.15, 0.2) is 84.0 Å². The molecule has 1 aliphatic rings. The number of carbonyl (C=O) groups excluding carboxylic acids is 2. The highest BCUT2D eigenvalue weighted by molar-refractivity contribution is 7.99. The van der Waals surface area contributed by atoms with E-state index in [4.69, 9.17) is 4.74 Å². The number of nitrogens with one attached hydrogen (secondary N) is 1. The second-order valence-corrected chi connectivity index (χ2v) is 9.46. The molecule has 2 amide bonds. The van der Waals surface area contributed by atoms with Crippen molar-refractivity contribution in [3.8, 4) is 11.4 Å². The molecule has 0 aliphatic carbocycles. The van der Waals surface area contributed by atoms with Crippen molar-refractivity contribution in [3.63, 3.8) is 0 Å². The Balaban J connectivity index is 1.34. The first-order valence-corrected chi connectivity index (χ1v) is 13.1. The van der Waals surface area contributed by atoms with Gasteiger partial charge in [0.25, 0.3) is 5.91 Å². The third-order valence-corrected chi connectivity index (χ3v) is 7.12. The Labute approximate surface area is 219 Å². The number of nitrogens with zero attached hydrogens (tertiary/aromatic N) is 4. The molecule has 0 unspecified atom stereocenters. The van der Waals surface area contributed by atoms with E-state index in [2.05, 4.69) is 21.6 Å². The van der Waals surface area contributed by atoms with Crippen molar-refractivity contribution in [1.82, 2.24) is 20.1 Å². The molecule has 1 aromatic heterocycles. The summed E-state index contributed by atoms with van der Waals surface area (Å²) in [5.74, 6) is 1.05. The number of benzene rings is 3. The van der Waals surface area contributed by atoms with E-state index < -0.39 is 0 Å². The zero-order valence-corrected chi connectivity index (χ0v) is 21.3. The molecular formula is C28H27N5O3S. The van der Waals surface area contributed by atoms with Gasteiger partial charge in [0, 0.05) is 17.9 Å². The van der Waals surface area contributed by atoms with Gasteiger partial charge in [-0.3, -0.25) is 14.2 Å². The second kappa shape index (κ2) is 11.3. The van der Waals surface area contributed by atoms with E-state index in [0.29, 0.717) is 28.8 Å². The van der Waals surface area contributed by atoms with Crippen molar-refractivity contribution in [2.75, 3.05) is 24.3 Å². The van der Waals surface area contributed by atoms with E-state index in [1.807, 2.05) is 64.1 Å². The summed E-state index contributed by atoms with van der Waals surface area (Å²) in [7, 11) is 1.53. The highest BCUT2D eigenvalue weighted by atomic mass is 32.2. The van der Waals surface area contributed by atoms with Crippen molar-refractivity contribution < 1.29 is 14.3 Å². The highest BCUT2D eigenvalue weighted by Crippen LogP contribution is 2.29. The van der Waals surface area contributed by atoms with Gasteiger partial charge in [-0.05, 0) is 48.7 Å². The predicted octanol–water partition coefficient (Wildman–Crippen LogP) is 4.28. The fraction of sp³-hybridized carbons (Fsp3) is 0.214. The Hall–Kier alpha value is -4.11. The Kier molecular flexibility index (Phi) is 7.51. The van der Waals surface area contributed by atoms with Gasteiger partial charge in [-0.25, -0.2) is 0 Å². The van der Waals surface area contributed by atoms with Crippen molar-refractivity contribution in [2.24, 2.45) is 0 Å². The largest absolute Gasteiger partial charge is 0.496 e. The van der Waals surface area contributed by atoms with E-state index in [1.165, 1.54) is 24.4 Å². The number of hydrogen-bond acceptors (Lipinski definition) is 6. The Morgan fingerprint density at radius 1 is 0.973 bits per heavy atom. The molecule has 3 aromatic carbocycles. The van der Waals surface area contributed by atoms with Crippen molar-refractivity contribution in [1.29, 1.82) is 0 Å². The Morgan fingerprint density at radius 3 is 2.57 bits per heavy atom. The fourth-order valence-corrected chi connectivity index (χ4v) is 5.28. The quantitative estimate of drug-likeness (QED) is 0.354. The van der Waals surface area contributed by atoms with Crippen LogP contribution in [0.2, 0.25) is 0 Å². The summed E-state index contributed by atoms with van der Waals surface area (Å²) < 4.78 is 7.19. The van der Waals surface area contributed by atoms with Crippen LogP contribution in [0.25, 0.3) is 5.69 Å². The van der Waals surface area contributed by atoms with Crippen LogP contribution in [0.1, 0.15) is 28.2 Å². The molecule has 4 aromatic rings. The molecule has 5 rings (SSSR count). The number of fused-ring (bicyclic) bond motifs is 1. The molecule has 188 valence electrons. The minimum absolute atomic E-state index is 0.0331. The van der Waals surface area contributed by atoms with E-state index in [0.717, 1.165) is 24.2 Å².